The zero-order valence-electron chi connectivity index (χ0n) is 11.2. The second kappa shape index (κ2) is 4.48. The first kappa shape index (κ1) is 8.51. The molecule has 0 radical (unpaired) electrons. The molecule has 1 fully saturated rings. The Balaban J connectivity index is 3.22. The number of quaternary nitrogens is 1. The first-order valence-corrected chi connectivity index (χ1v) is 4.72. The highest BCUT2D eigenvalue weighted by Crippen LogP contribution is 2.34. The van der Waals surface area contributed by atoms with Gasteiger partial charge in [0.15, 0.2) is 0 Å². The third-order valence-corrected chi connectivity index (χ3v) is 2.90. The average Bonchev–Trinajstić information content (AvgIpc) is 2.25. The van der Waals surface area contributed by atoms with E-state index in [1.165, 1.54) is 0 Å². The summed E-state index contributed by atoms with van der Waals surface area (Å²) in [7, 11) is 0. The number of carboxylic acids is 3. The van der Waals surface area contributed by atoms with E-state index in [1.807, 2.05) is 0 Å². The first-order chi connectivity index (χ1) is 8.57. The minimum Gasteiger partial charge on any atom is -0.481 e. The smallest absolute Gasteiger partial charge is 0.344 e. The number of carbonyl (C=O) groups is 3. The molecule has 0 unspecified atom stereocenters. The quantitative estimate of drug-likeness (QED) is 0.467. The van der Waals surface area contributed by atoms with Gasteiger partial charge in [-0.25, -0.2) is 0 Å². The molecule has 7 heteroatoms. The minimum absolute atomic E-state index is 0.169. The Morgan fingerprint density at radius 3 is 1.94 bits per heavy atom. The van der Waals surface area contributed by atoms with Crippen molar-refractivity contribution < 1.29 is 39.7 Å². The summed E-state index contributed by atoms with van der Waals surface area (Å²) in [5, 5.41) is 27.1. The van der Waals surface area contributed by atoms with Crippen LogP contribution in [-0.4, -0.2) is 39.3 Å². The molecule has 0 amide bonds. The van der Waals surface area contributed by atoms with Gasteiger partial charge in [-0.05, 0) is 6.42 Å². The number of rotatable bonds is 4. The molecular formula is C9H14NO6+. The van der Waals surface area contributed by atoms with Crippen LogP contribution in [-0.2, 0) is 14.4 Å². The molecule has 1 saturated carbocycles. The molecule has 0 aliphatic heterocycles. The molecule has 0 bridgehead atoms. The van der Waals surface area contributed by atoms with E-state index in [1.54, 1.807) is 0 Å². The van der Waals surface area contributed by atoms with Gasteiger partial charge < -0.3 is 21.0 Å². The van der Waals surface area contributed by atoms with Crippen molar-refractivity contribution in [3.8, 4) is 0 Å². The van der Waals surface area contributed by atoms with Gasteiger partial charge in [0.1, 0.15) is 5.92 Å². The molecule has 0 aromatic carbocycles. The summed E-state index contributed by atoms with van der Waals surface area (Å²) >= 11 is 0. The zero-order valence-corrected chi connectivity index (χ0v) is 8.24. The number of aliphatic carboxylic acids is 3. The molecule has 1 aliphatic rings. The molecule has 7 nitrogen and oxygen atoms in total. The Morgan fingerprint density at radius 1 is 1.00 bits per heavy atom. The summed E-state index contributed by atoms with van der Waals surface area (Å²) < 4.78 is 21.7. The summed E-state index contributed by atoms with van der Waals surface area (Å²) in [6.07, 6.45) is -0.342. The van der Waals surface area contributed by atoms with Crippen LogP contribution >= 0.6 is 0 Å². The third kappa shape index (κ3) is 2.13. The maximum Gasteiger partial charge on any atom is 0.344 e. The molecular weight excluding hydrogens is 218 g/mol. The summed E-state index contributed by atoms with van der Waals surface area (Å²) in [6, 6.07) is -1.41. The molecule has 4 atom stereocenters. The van der Waals surface area contributed by atoms with E-state index in [-0.39, 0.29) is 12.8 Å². The molecule has 0 spiro atoms. The normalized spacial score (nSPS) is 37.9. The molecule has 16 heavy (non-hydrogen) atoms. The molecule has 1 aliphatic carbocycles. The van der Waals surface area contributed by atoms with Crippen molar-refractivity contribution >= 4 is 17.9 Å². The zero-order chi connectivity index (χ0) is 15.0. The molecule has 90 valence electrons. The van der Waals surface area contributed by atoms with Crippen LogP contribution in [0.15, 0.2) is 0 Å². The predicted molar refractivity (Wildman–Crippen MR) is 49.3 cm³/mol. The number of hydrogen-bond donors (Lipinski definition) is 4. The second-order valence-electron chi connectivity index (χ2n) is 3.82. The van der Waals surface area contributed by atoms with Gasteiger partial charge in [0, 0.05) is 6.42 Å². The highest BCUT2D eigenvalue weighted by molar-refractivity contribution is 5.86. The van der Waals surface area contributed by atoms with Crippen LogP contribution in [0, 0.1) is 17.8 Å². The highest BCUT2D eigenvalue weighted by atomic mass is 16.4. The summed E-state index contributed by atoms with van der Waals surface area (Å²) in [5.74, 6) is -9.50. The van der Waals surface area contributed by atoms with Gasteiger partial charge in [-0.15, -0.1) is 0 Å². The monoisotopic (exact) mass is 235 g/mol. The molecule has 0 saturated heterocycles. The number of carboxylic acid groups (broad SMARTS) is 3. The van der Waals surface area contributed by atoms with E-state index in [4.69, 9.17) is 19.6 Å². The summed E-state index contributed by atoms with van der Waals surface area (Å²) in [4.78, 5) is 33.3. The van der Waals surface area contributed by atoms with Gasteiger partial charge in [-0.2, -0.15) is 0 Å². The van der Waals surface area contributed by atoms with Crippen molar-refractivity contribution in [1.82, 2.24) is 0 Å². The predicted octanol–water partition coefficient (Wildman–Crippen LogP) is -1.51. The van der Waals surface area contributed by atoms with E-state index in [9.17, 15) is 14.4 Å². The van der Waals surface area contributed by atoms with E-state index in [0.29, 0.717) is 0 Å². The Kier molecular flexibility index (Phi) is 2.38. The Labute approximate surface area is 95.2 Å². The fourth-order valence-electron chi connectivity index (χ4n) is 2.12. The van der Waals surface area contributed by atoms with Crippen LogP contribution in [0.5, 0.6) is 0 Å². The van der Waals surface area contributed by atoms with Gasteiger partial charge in [0.2, 0.25) is 0 Å². The van der Waals surface area contributed by atoms with Crippen molar-refractivity contribution in [3.63, 3.8) is 0 Å². The summed E-state index contributed by atoms with van der Waals surface area (Å²) in [5.41, 5.74) is -1.95. The van der Waals surface area contributed by atoms with Gasteiger partial charge in [0.25, 0.3) is 0 Å². The van der Waals surface area contributed by atoms with Crippen LogP contribution in [0.1, 0.15) is 12.8 Å². The van der Waals surface area contributed by atoms with Gasteiger partial charge >= 0.3 is 22.1 Å². The lowest BCUT2D eigenvalue weighted by Gasteiger charge is -2.32. The Morgan fingerprint density at radius 2 is 1.56 bits per heavy atom. The first-order valence-electron chi connectivity index (χ1n) is 6.07. The van der Waals surface area contributed by atoms with E-state index in [2.05, 4.69) is 0 Å². The standard InChI is InChI=1S/C9H13NO6/c10-4-2-1-3(7(11)12)5(8(13)14)6(4)9(15)16/h3-6H,1-2,10H2,(H,11,12)(H,13,14)(H,15,16)/p+1/t3-,4+,5-,6+/m0/s1/i/hD3. The van der Waals surface area contributed by atoms with Crippen LogP contribution < -0.4 is 5.71 Å². The lowest BCUT2D eigenvalue weighted by Crippen LogP contribution is -2.70. The lowest BCUT2D eigenvalue weighted by atomic mass is 9.69. The largest absolute Gasteiger partial charge is 0.481 e. The van der Waals surface area contributed by atoms with E-state index in [0.717, 1.165) is 0 Å². The Hall–Kier alpha value is -1.63. The molecule has 0 aromatic heterocycles. The average molecular weight is 235 g/mol. The van der Waals surface area contributed by atoms with Crippen molar-refractivity contribution in [1.29, 1.82) is 0 Å². The van der Waals surface area contributed by atoms with Crippen LogP contribution in [0.4, 0.5) is 0 Å². The number of hydrogen-bond acceptors (Lipinski definition) is 3. The van der Waals surface area contributed by atoms with E-state index >= 15 is 0 Å². The van der Waals surface area contributed by atoms with Crippen LogP contribution in [0.3, 0.4) is 0 Å². The SMILES string of the molecule is [2H][N+]([2H])([2H])[C@@H]1CC[C@H](C(=O)O)[C@H](C(=O)O)[C@@H]1C(=O)O. The topological polar surface area (TPSA) is 140 Å². The van der Waals surface area contributed by atoms with Crippen LogP contribution in [0.2, 0.25) is 4.24 Å². The fraction of sp³-hybridized carbons (Fsp3) is 0.667. The van der Waals surface area contributed by atoms with Crippen molar-refractivity contribution in [2.75, 3.05) is 0 Å². The minimum atomic E-state index is -1.95. The fourth-order valence-corrected chi connectivity index (χ4v) is 2.12. The third-order valence-electron chi connectivity index (χ3n) is 2.90. The molecule has 0 aromatic rings. The van der Waals surface area contributed by atoms with Gasteiger partial charge in [0.05, 0.1) is 17.9 Å². The van der Waals surface area contributed by atoms with Crippen molar-refractivity contribution in [2.24, 2.45) is 17.8 Å². The lowest BCUT2D eigenvalue weighted by molar-refractivity contribution is -0.438. The second-order valence-corrected chi connectivity index (χ2v) is 3.82. The summed E-state index contributed by atoms with van der Waals surface area (Å²) in [6.45, 7) is 0. The van der Waals surface area contributed by atoms with Gasteiger partial charge in [-0.3, -0.25) is 14.4 Å². The van der Waals surface area contributed by atoms with Gasteiger partial charge in [-0.1, -0.05) is 0 Å². The highest BCUT2D eigenvalue weighted by Gasteiger charge is 2.50. The maximum atomic E-state index is 11.2. The molecule has 0 heterocycles. The molecule has 6 N–H and O–H groups in total. The van der Waals surface area contributed by atoms with Crippen molar-refractivity contribution in [3.05, 3.63) is 0 Å². The van der Waals surface area contributed by atoms with Crippen LogP contribution in [0.25, 0.3) is 0 Å². The molecule has 1 rings (SSSR count). The van der Waals surface area contributed by atoms with Crippen molar-refractivity contribution in [2.45, 2.75) is 18.9 Å². The maximum absolute atomic E-state index is 11.2. The van der Waals surface area contributed by atoms with E-state index < -0.39 is 47.4 Å². The Bertz CT molecular complexity index is 409.